The Morgan fingerprint density at radius 3 is 2.48 bits per heavy atom. The Kier molecular flexibility index (Phi) is 5.93. The van der Waals surface area contributed by atoms with Crippen molar-refractivity contribution in [3.63, 3.8) is 0 Å². The molecule has 0 aromatic carbocycles. The van der Waals surface area contributed by atoms with Gasteiger partial charge in [0.15, 0.2) is 5.76 Å². The van der Waals surface area contributed by atoms with E-state index in [4.69, 9.17) is 14.6 Å². The third kappa shape index (κ3) is 5.76. The van der Waals surface area contributed by atoms with Crippen molar-refractivity contribution >= 4 is 23.8 Å². The number of hydrogen-bond acceptors (Lipinski definition) is 5. The normalized spacial score (nSPS) is 11.4. The highest BCUT2D eigenvalue weighted by Gasteiger charge is 2.22. The Labute approximate surface area is 118 Å². The fourth-order valence-electron chi connectivity index (χ4n) is 1.43. The molecular formula is C12H14N2O7. The molecule has 0 aliphatic carbocycles. The van der Waals surface area contributed by atoms with Crippen molar-refractivity contribution in [2.75, 3.05) is 6.54 Å². The van der Waals surface area contributed by atoms with Gasteiger partial charge in [-0.1, -0.05) is 0 Å². The molecule has 0 fully saturated rings. The molecule has 0 aliphatic heterocycles. The van der Waals surface area contributed by atoms with Crippen LogP contribution in [0.1, 0.15) is 23.4 Å². The van der Waals surface area contributed by atoms with Crippen LogP contribution in [0.3, 0.4) is 0 Å². The van der Waals surface area contributed by atoms with E-state index in [9.17, 15) is 19.2 Å². The van der Waals surface area contributed by atoms with Crippen LogP contribution in [0.25, 0.3) is 0 Å². The van der Waals surface area contributed by atoms with Crippen LogP contribution in [-0.4, -0.2) is 46.6 Å². The minimum Gasteiger partial charge on any atom is -0.481 e. The van der Waals surface area contributed by atoms with E-state index in [0.717, 1.165) is 0 Å². The van der Waals surface area contributed by atoms with Gasteiger partial charge in [-0.15, -0.1) is 0 Å². The van der Waals surface area contributed by atoms with Gasteiger partial charge < -0.3 is 25.3 Å². The number of amides is 2. The third-order valence-electron chi connectivity index (χ3n) is 2.39. The summed E-state index contributed by atoms with van der Waals surface area (Å²) in [4.78, 5) is 44.1. The Morgan fingerprint density at radius 2 is 1.95 bits per heavy atom. The summed E-state index contributed by atoms with van der Waals surface area (Å²) in [5.74, 6) is -3.87. The van der Waals surface area contributed by atoms with Gasteiger partial charge in [-0.2, -0.15) is 0 Å². The van der Waals surface area contributed by atoms with Gasteiger partial charge in [0, 0.05) is 13.0 Å². The lowest BCUT2D eigenvalue weighted by Crippen LogP contribution is -2.43. The molecule has 114 valence electrons. The quantitative estimate of drug-likeness (QED) is 0.503. The molecular weight excluding hydrogens is 284 g/mol. The number of carbonyl (C=O) groups is 4. The van der Waals surface area contributed by atoms with E-state index < -0.39 is 36.2 Å². The zero-order valence-electron chi connectivity index (χ0n) is 10.9. The molecule has 1 atom stereocenters. The summed E-state index contributed by atoms with van der Waals surface area (Å²) in [7, 11) is 0. The molecule has 9 heteroatoms. The van der Waals surface area contributed by atoms with Crippen molar-refractivity contribution in [1.29, 1.82) is 0 Å². The number of aliphatic carboxylic acids is 2. The maximum absolute atomic E-state index is 11.5. The maximum atomic E-state index is 11.5. The van der Waals surface area contributed by atoms with Crippen molar-refractivity contribution in [3.8, 4) is 0 Å². The average molecular weight is 298 g/mol. The van der Waals surface area contributed by atoms with Crippen LogP contribution in [0.5, 0.6) is 0 Å². The van der Waals surface area contributed by atoms with Gasteiger partial charge in [-0.3, -0.25) is 14.4 Å². The van der Waals surface area contributed by atoms with E-state index in [0.29, 0.717) is 0 Å². The highest BCUT2D eigenvalue weighted by atomic mass is 16.4. The van der Waals surface area contributed by atoms with Crippen LogP contribution in [0, 0.1) is 0 Å². The molecule has 0 spiro atoms. The van der Waals surface area contributed by atoms with E-state index in [2.05, 4.69) is 10.6 Å². The Morgan fingerprint density at radius 1 is 1.24 bits per heavy atom. The zero-order chi connectivity index (χ0) is 15.8. The van der Waals surface area contributed by atoms with E-state index in [-0.39, 0.29) is 18.7 Å². The second-order valence-corrected chi connectivity index (χ2v) is 4.04. The average Bonchev–Trinajstić information content (AvgIpc) is 2.91. The first-order valence-electron chi connectivity index (χ1n) is 5.96. The van der Waals surface area contributed by atoms with Gasteiger partial charge in [0.2, 0.25) is 5.91 Å². The number of nitrogens with one attached hydrogen (secondary N) is 2. The topological polar surface area (TPSA) is 146 Å². The van der Waals surface area contributed by atoms with Crippen LogP contribution in [0.15, 0.2) is 22.8 Å². The molecule has 0 aliphatic rings. The molecule has 1 heterocycles. The number of furan rings is 1. The summed E-state index contributed by atoms with van der Waals surface area (Å²) in [6.45, 7) is -0.0369. The first-order chi connectivity index (χ1) is 9.90. The molecule has 9 nitrogen and oxygen atoms in total. The monoisotopic (exact) mass is 298 g/mol. The van der Waals surface area contributed by atoms with Crippen molar-refractivity contribution in [2.45, 2.75) is 18.9 Å². The lowest BCUT2D eigenvalue weighted by molar-refractivity contribution is -0.147. The second-order valence-electron chi connectivity index (χ2n) is 4.04. The first-order valence-corrected chi connectivity index (χ1v) is 5.96. The molecule has 1 aromatic heterocycles. The Balaban J connectivity index is 2.34. The predicted octanol–water partition coefficient (Wildman–Crippen LogP) is -0.556. The van der Waals surface area contributed by atoms with Gasteiger partial charge in [-0.05, 0) is 12.1 Å². The number of carboxylic acids is 2. The van der Waals surface area contributed by atoms with E-state index in [1.54, 1.807) is 0 Å². The maximum Gasteiger partial charge on any atom is 0.326 e. The number of carboxylic acid groups (broad SMARTS) is 2. The minimum absolute atomic E-state index is 0.0369. The standard InChI is InChI=1S/C12H14N2O7/c15-9(14-7(12(19)20)6-10(16)17)3-4-13-11(18)8-2-1-5-21-8/h1-2,5,7H,3-4,6H2,(H,13,18)(H,14,15)(H,16,17)(H,19,20). The lowest BCUT2D eigenvalue weighted by Gasteiger charge is -2.12. The van der Waals surface area contributed by atoms with Crippen LogP contribution in [0.2, 0.25) is 0 Å². The van der Waals surface area contributed by atoms with Crippen LogP contribution >= 0.6 is 0 Å². The minimum atomic E-state index is -1.50. The predicted molar refractivity (Wildman–Crippen MR) is 67.5 cm³/mol. The van der Waals surface area contributed by atoms with E-state index in [1.807, 2.05) is 0 Å². The number of hydrogen-bond donors (Lipinski definition) is 4. The van der Waals surface area contributed by atoms with Crippen molar-refractivity contribution in [2.24, 2.45) is 0 Å². The molecule has 1 aromatic rings. The van der Waals surface area contributed by atoms with Gasteiger partial charge >= 0.3 is 11.9 Å². The van der Waals surface area contributed by atoms with Gasteiger partial charge in [0.1, 0.15) is 6.04 Å². The molecule has 1 rings (SSSR count). The fourth-order valence-corrected chi connectivity index (χ4v) is 1.43. The summed E-state index contributed by atoms with van der Waals surface area (Å²) in [5.41, 5.74) is 0. The van der Waals surface area contributed by atoms with Crippen LogP contribution in [0.4, 0.5) is 0 Å². The molecule has 0 saturated heterocycles. The fraction of sp³-hybridized carbons (Fsp3) is 0.333. The van der Waals surface area contributed by atoms with Crippen molar-refractivity contribution in [3.05, 3.63) is 24.2 Å². The summed E-state index contributed by atoms with van der Waals surface area (Å²) in [6.07, 6.45) is 0.417. The second kappa shape index (κ2) is 7.68. The molecule has 0 radical (unpaired) electrons. The van der Waals surface area contributed by atoms with Gasteiger partial charge in [0.05, 0.1) is 12.7 Å². The highest BCUT2D eigenvalue weighted by molar-refractivity contribution is 5.92. The SMILES string of the molecule is O=C(O)CC(NC(=O)CCNC(=O)c1ccco1)C(=O)O. The summed E-state index contributed by atoms with van der Waals surface area (Å²) >= 11 is 0. The summed E-state index contributed by atoms with van der Waals surface area (Å²) < 4.78 is 4.84. The van der Waals surface area contributed by atoms with Gasteiger partial charge in [0.25, 0.3) is 5.91 Å². The molecule has 2 amide bonds. The smallest absolute Gasteiger partial charge is 0.326 e. The first kappa shape index (κ1) is 16.2. The third-order valence-corrected chi connectivity index (χ3v) is 2.39. The summed E-state index contributed by atoms with van der Waals surface area (Å²) in [5, 5.41) is 21.7. The van der Waals surface area contributed by atoms with Crippen molar-refractivity contribution in [1.82, 2.24) is 10.6 Å². The van der Waals surface area contributed by atoms with Crippen LogP contribution in [-0.2, 0) is 14.4 Å². The number of rotatable bonds is 8. The van der Waals surface area contributed by atoms with E-state index in [1.165, 1.54) is 18.4 Å². The van der Waals surface area contributed by atoms with Crippen molar-refractivity contribution < 1.29 is 33.8 Å². The molecule has 0 saturated carbocycles. The zero-order valence-corrected chi connectivity index (χ0v) is 10.9. The molecule has 4 N–H and O–H groups in total. The number of carbonyl (C=O) groups excluding carboxylic acids is 2. The molecule has 21 heavy (non-hydrogen) atoms. The highest BCUT2D eigenvalue weighted by Crippen LogP contribution is 1.99. The van der Waals surface area contributed by atoms with Gasteiger partial charge in [-0.25, -0.2) is 4.79 Å². The van der Waals surface area contributed by atoms with Crippen LogP contribution < -0.4 is 10.6 Å². The molecule has 1 unspecified atom stereocenters. The summed E-state index contributed by atoms with van der Waals surface area (Å²) in [6, 6.07) is 1.48. The Hall–Kier alpha value is -2.84. The van der Waals surface area contributed by atoms with E-state index >= 15 is 0 Å². The molecule has 0 bridgehead atoms. The Bertz CT molecular complexity index is 524. The largest absolute Gasteiger partial charge is 0.481 e. The lowest BCUT2D eigenvalue weighted by atomic mass is 10.2.